The Morgan fingerprint density at radius 2 is 1.84 bits per heavy atom. The zero-order chi connectivity index (χ0) is 14.0. The van der Waals surface area contributed by atoms with Crippen molar-refractivity contribution in [1.29, 1.82) is 0 Å². The molecule has 0 saturated heterocycles. The fourth-order valence-electron chi connectivity index (χ4n) is 2.67. The number of rotatable bonds is 4. The molecule has 1 aliphatic carbocycles. The third kappa shape index (κ3) is 3.56. The van der Waals surface area contributed by atoms with Crippen LogP contribution in [0.25, 0.3) is 0 Å². The topological polar surface area (TPSA) is 63.2 Å². The Morgan fingerprint density at radius 3 is 2.32 bits per heavy atom. The maximum Gasteiger partial charge on any atom is 0.229 e. The average Bonchev–Trinajstić information content (AvgIpc) is 2.73. The van der Waals surface area contributed by atoms with Crippen LogP contribution in [-0.4, -0.2) is 20.5 Å². The number of carbonyl (C=O) groups excluding carboxylic acids is 1. The Labute approximate surface area is 114 Å². The van der Waals surface area contributed by atoms with Gasteiger partial charge in [0.25, 0.3) is 0 Å². The van der Waals surface area contributed by atoms with Crippen LogP contribution in [0, 0.1) is 11.8 Å². The lowest BCUT2D eigenvalue weighted by atomic mass is 9.89. The van der Waals surface area contributed by atoms with E-state index in [2.05, 4.69) is 11.6 Å². The highest BCUT2D eigenvalue weighted by Gasteiger charge is 2.30. The van der Waals surface area contributed by atoms with Gasteiger partial charge < -0.3 is 0 Å². The molecule has 1 aliphatic rings. The lowest BCUT2D eigenvalue weighted by molar-refractivity contribution is 0.0897. The minimum atomic E-state index is -3.27. The maximum atomic E-state index is 12.3. The van der Waals surface area contributed by atoms with E-state index in [-0.39, 0.29) is 11.7 Å². The predicted octanol–water partition coefficient (Wildman–Crippen LogP) is 2.68. The van der Waals surface area contributed by atoms with E-state index in [1.807, 2.05) is 0 Å². The van der Waals surface area contributed by atoms with Gasteiger partial charge in [-0.3, -0.25) is 9.52 Å². The molecular formula is C14H19NO3S. The molecule has 1 fully saturated rings. The number of anilines is 1. The number of Topliss-reactive ketones (excluding diaryl/α,β-unsaturated/α-hetero) is 1. The SMILES string of the molecule is CC1CCCC1C(=O)c1ccc(NS(C)(=O)=O)cc1. The van der Waals surface area contributed by atoms with E-state index in [9.17, 15) is 13.2 Å². The molecule has 1 aromatic rings. The Bertz CT molecular complexity index is 563. The number of benzene rings is 1. The summed E-state index contributed by atoms with van der Waals surface area (Å²) in [4.78, 5) is 12.3. The van der Waals surface area contributed by atoms with Gasteiger partial charge in [0.2, 0.25) is 10.0 Å². The molecule has 0 amide bonds. The van der Waals surface area contributed by atoms with Gasteiger partial charge in [-0.1, -0.05) is 13.3 Å². The third-order valence-electron chi connectivity index (χ3n) is 3.67. The van der Waals surface area contributed by atoms with Crippen molar-refractivity contribution in [3.8, 4) is 0 Å². The van der Waals surface area contributed by atoms with Crippen LogP contribution in [0.1, 0.15) is 36.5 Å². The third-order valence-corrected chi connectivity index (χ3v) is 4.28. The molecule has 0 aliphatic heterocycles. The second kappa shape index (κ2) is 5.33. The van der Waals surface area contributed by atoms with E-state index < -0.39 is 10.0 Å². The van der Waals surface area contributed by atoms with E-state index in [0.717, 1.165) is 25.5 Å². The molecule has 0 bridgehead atoms. The molecule has 0 spiro atoms. The Kier molecular flexibility index (Phi) is 3.94. The lowest BCUT2D eigenvalue weighted by Crippen LogP contribution is -2.17. The summed E-state index contributed by atoms with van der Waals surface area (Å²) in [6, 6.07) is 6.66. The summed E-state index contributed by atoms with van der Waals surface area (Å²) in [6.45, 7) is 2.12. The van der Waals surface area contributed by atoms with Crippen LogP contribution in [0.3, 0.4) is 0 Å². The van der Waals surface area contributed by atoms with Gasteiger partial charge in [0.05, 0.1) is 6.26 Å². The number of ketones is 1. The fourth-order valence-corrected chi connectivity index (χ4v) is 3.23. The van der Waals surface area contributed by atoms with Crippen molar-refractivity contribution >= 4 is 21.5 Å². The highest BCUT2D eigenvalue weighted by Crippen LogP contribution is 2.33. The van der Waals surface area contributed by atoms with Crippen LogP contribution in [0.5, 0.6) is 0 Å². The zero-order valence-corrected chi connectivity index (χ0v) is 12.0. The van der Waals surface area contributed by atoms with Gasteiger partial charge in [-0.25, -0.2) is 8.42 Å². The van der Waals surface area contributed by atoms with Gasteiger partial charge in [0.1, 0.15) is 0 Å². The van der Waals surface area contributed by atoms with Crippen molar-refractivity contribution in [2.45, 2.75) is 26.2 Å². The summed E-state index contributed by atoms with van der Waals surface area (Å²) in [5.41, 5.74) is 1.15. The Balaban J connectivity index is 2.12. The van der Waals surface area contributed by atoms with Gasteiger partial charge >= 0.3 is 0 Å². The van der Waals surface area contributed by atoms with Gasteiger partial charge in [-0.15, -0.1) is 0 Å². The molecule has 1 aromatic carbocycles. The van der Waals surface area contributed by atoms with E-state index in [4.69, 9.17) is 0 Å². The zero-order valence-electron chi connectivity index (χ0n) is 11.2. The largest absolute Gasteiger partial charge is 0.294 e. The molecule has 19 heavy (non-hydrogen) atoms. The van der Waals surface area contributed by atoms with Crippen molar-refractivity contribution in [2.24, 2.45) is 11.8 Å². The molecule has 2 rings (SSSR count). The van der Waals surface area contributed by atoms with E-state index >= 15 is 0 Å². The lowest BCUT2D eigenvalue weighted by Gasteiger charge is -2.14. The summed E-state index contributed by atoms with van der Waals surface area (Å²) in [5, 5.41) is 0. The quantitative estimate of drug-likeness (QED) is 0.863. The number of carbonyl (C=O) groups is 1. The average molecular weight is 281 g/mol. The summed E-state index contributed by atoms with van der Waals surface area (Å²) in [6.07, 6.45) is 4.30. The van der Waals surface area contributed by atoms with Crippen LogP contribution in [0.2, 0.25) is 0 Å². The van der Waals surface area contributed by atoms with Crippen LogP contribution < -0.4 is 4.72 Å². The molecule has 104 valence electrons. The van der Waals surface area contributed by atoms with Crippen LogP contribution in [0.15, 0.2) is 24.3 Å². The normalized spacial score (nSPS) is 23.3. The van der Waals surface area contributed by atoms with E-state index in [0.29, 0.717) is 17.2 Å². The van der Waals surface area contributed by atoms with Gasteiger partial charge in [0, 0.05) is 17.2 Å². The smallest absolute Gasteiger partial charge is 0.229 e. The Hall–Kier alpha value is -1.36. The van der Waals surface area contributed by atoms with Crippen LogP contribution in [-0.2, 0) is 10.0 Å². The highest BCUT2D eigenvalue weighted by atomic mass is 32.2. The van der Waals surface area contributed by atoms with Gasteiger partial charge in [-0.05, 0) is 43.0 Å². The predicted molar refractivity (Wildman–Crippen MR) is 75.7 cm³/mol. The van der Waals surface area contributed by atoms with Gasteiger partial charge in [-0.2, -0.15) is 0 Å². The molecule has 4 nitrogen and oxygen atoms in total. The van der Waals surface area contributed by atoms with Crippen LogP contribution in [0.4, 0.5) is 5.69 Å². The molecule has 2 unspecified atom stereocenters. The minimum absolute atomic E-state index is 0.119. The molecule has 0 radical (unpaired) electrons. The summed E-state index contributed by atoms with van der Waals surface area (Å²) in [5.74, 6) is 0.742. The standard InChI is InChI=1S/C14H19NO3S/c1-10-4-3-5-13(10)14(16)11-6-8-12(9-7-11)15-19(2,17)18/h6-10,13,15H,3-5H2,1-2H3. The minimum Gasteiger partial charge on any atom is -0.294 e. The monoisotopic (exact) mass is 281 g/mol. The first-order chi connectivity index (χ1) is 8.87. The number of sulfonamides is 1. The van der Waals surface area contributed by atoms with Crippen molar-refractivity contribution < 1.29 is 13.2 Å². The highest BCUT2D eigenvalue weighted by molar-refractivity contribution is 7.92. The molecule has 1 N–H and O–H groups in total. The van der Waals surface area contributed by atoms with E-state index in [1.54, 1.807) is 24.3 Å². The van der Waals surface area contributed by atoms with Crippen molar-refractivity contribution in [1.82, 2.24) is 0 Å². The first-order valence-corrected chi connectivity index (χ1v) is 8.38. The van der Waals surface area contributed by atoms with Crippen LogP contribution >= 0.6 is 0 Å². The second-order valence-electron chi connectivity index (χ2n) is 5.33. The van der Waals surface area contributed by atoms with E-state index in [1.165, 1.54) is 0 Å². The summed E-state index contributed by atoms with van der Waals surface area (Å²) in [7, 11) is -3.27. The molecular weight excluding hydrogens is 262 g/mol. The molecule has 5 heteroatoms. The molecule has 1 saturated carbocycles. The summed E-state index contributed by atoms with van der Waals surface area (Å²) < 4.78 is 24.6. The first kappa shape index (κ1) is 14.1. The summed E-state index contributed by atoms with van der Waals surface area (Å²) >= 11 is 0. The first-order valence-electron chi connectivity index (χ1n) is 6.49. The van der Waals surface area contributed by atoms with Crippen molar-refractivity contribution in [3.63, 3.8) is 0 Å². The maximum absolute atomic E-state index is 12.3. The molecule has 0 aromatic heterocycles. The fraction of sp³-hybridized carbons (Fsp3) is 0.500. The Morgan fingerprint density at radius 1 is 1.21 bits per heavy atom. The number of nitrogens with one attached hydrogen (secondary N) is 1. The number of hydrogen-bond acceptors (Lipinski definition) is 3. The molecule has 0 heterocycles. The second-order valence-corrected chi connectivity index (χ2v) is 7.08. The number of hydrogen-bond donors (Lipinski definition) is 1. The molecule has 2 atom stereocenters. The van der Waals surface area contributed by atoms with Crippen molar-refractivity contribution in [2.75, 3.05) is 11.0 Å². The van der Waals surface area contributed by atoms with Gasteiger partial charge in [0.15, 0.2) is 5.78 Å². The van der Waals surface area contributed by atoms with Crippen molar-refractivity contribution in [3.05, 3.63) is 29.8 Å².